The van der Waals surface area contributed by atoms with Gasteiger partial charge in [-0.25, -0.2) is 4.79 Å². The Balaban J connectivity index is 3.04. The first-order chi connectivity index (χ1) is 7.39. The lowest BCUT2D eigenvalue weighted by molar-refractivity contribution is -0.142. The lowest BCUT2D eigenvalue weighted by Gasteiger charge is -2.19. The number of hydrogen-bond donors (Lipinski definition) is 1. The molecule has 1 aromatic rings. The molecule has 0 aliphatic carbocycles. The van der Waals surface area contributed by atoms with E-state index in [4.69, 9.17) is 5.11 Å². The van der Waals surface area contributed by atoms with Crippen molar-refractivity contribution >= 4 is 11.9 Å². The van der Waals surface area contributed by atoms with Crippen molar-refractivity contribution in [3.8, 4) is 0 Å². The van der Waals surface area contributed by atoms with E-state index in [1.807, 2.05) is 0 Å². The Bertz CT molecular complexity index is 404. The van der Waals surface area contributed by atoms with Crippen molar-refractivity contribution in [2.75, 3.05) is 7.11 Å². The summed E-state index contributed by atoms with van der Waals surface area (Å²) in [5.74, 6) is -1.34. The smallest absolute Gasteiger partial charge is 0.337 e. The molecule has 16 heavy (non-hydrogen) atoms. The molecule has 0 saturated heterocycles. The van der Waals surface area contributed by atoms with E-state index in [9.17, 15) is 9.59 Å². The minimum absolute atomic E-state index is 0.410. The van der Waals surface area contributed by atoms with Crippen molar-refractivity contribution in [3.63, 3.8) is 0 Å². The van der Waals surface area contributed by atoms with E-state index in [2.05, 4.69) is 4.74 Å². The topological polar surface area (TPSA) is 63.6 Å². The maximum atomic E-state index is 11.2. The van der Waals surface area contributed by atoms with Gasteiger partial charge in [0.1, 0.15) is 0 Å². The number of esters is 1. The molecule has 0 radical (unpaired) electrons. The van der Waals surface area contributed by atoms with Crippen LogP contribution in [0.5, 0.6) is 0 Å². The summed E-state index contributed by atoms with van der Waals surface area (Å²) in [6.45, 7) is 3.23. The van der Waals surface area contributed by atoms with Crippen LogP contribution in [0, 0.1) is 0 Å². The fourth-order valence-electron chi connectivity index (χ4n) is 1.26. The molecule has 0 spiro atoms. The maximum absolute atomic E-state index is 11.2. The minimum Gasteiger partial charge on any atom is -0.481 e. The Kier molecular flexibility index (Phi) is 3.32. The van der Waals surface area contributed by atoms with Crippen molar-refractivity contribution in [2.24, 2.45) is 0 Å². The first kappa shape index (κ1) is 12.2. The van der Waals surface area contributed by atoms with Gasteiger partial charge in [-0.1, -0.05) is 12.1 Å². The van der Waals surface area contributed by atoms with Gasteiger partial charge in [0.2, 0.25) is 0 Å². The van der Waals surface area contributed by atoms with Crippen LogP contribution in [0.3, 0.4) is 0 Å². The third kappa shape index (κ3) is 2.21. The average Bonchev–Trinajstić information content (AvgIpc) is 2.28. The molecule has 4 heteroatoms. The summed E-state index contributed by atoms with van der Waals surface area (Å²) >= 11 is 0. The highest BCUT2D eigenvalue weighted by Gasteiger charge is 2.29. The lowest BCUT2D eigenvalue weighted by Crippen LogP contribution is -2.28. The van der Waals surface area contributed by atoms with Crippen molar-refractivity contribution in [1.82, 2.24) is 0 Å². The Labute approximate surface area is 93.9 Å². The van der Waals surface area contributed by atoms with Gasteiger partial charge in [-0.05, 0) is 31.5 Å². The van der Waals surface area contributed by atoms with E-state index in [1.54, 1.807) is 38.1 Å². The van der Waals surface area contributed by atoms with Crippen molar-refractivity contribution in [1.29, 1.82) is 0 Å². The van der Waals surface area contributed by atoms with E-state index in [0.29, 0.717) is 11.1 Å². The number of ether oxygens (including phenoxy) is 1. The normalized spacial score (nSPS) is 10.9. The molecule has 1 aromatic carbocycles. The maximum Gasteiger partial charge on any atom is 0.337 e. The third-order valence-corrected chi connectivity index (χ3v) is 2.56. The van der Waals surface area contributed by atoms with E-state index < -0.39 is 17.4 Å². The Morgan fingerprint density at radius 2 is 1.69 bits per heavy atom. The zero-order chi connectivity index (χ0) is 12.3. The first-order valence-corrected chi connectivity index (χ1v) is 4.82. The van der Waals surface area contributed by atoms with Crippen LogP contribution in [0.2, 0.25) is 0 Å². The molecule has 4 nitrogen and oxygen atoms in total. The van der Waals surface area contributed by atoms with Crippen LogP contribution in [0.25, 0.3) is 0 Å². The van der Waals surface area contributed by atoms with Crippen LogP contribution >= 0.6 is 0 Å². The summed E-state index contributed by atoms with van der Waals surface area (Å²) in [4.78, 5) is 22.2. The predicted molar refractivity (Wildman–Crippen MR) is 58.4 cm³/mol. The average molecular weight is 222 g/mol. The van der Waals surface area contributed by atoms with Crippen molar-refractivity contribution in [3.05, 3.63) is 35.4 Å². The molecule has 0 fully saturated rings. The number of aliphatic carboxylic acids is 1. The number of rotatable bonds is 3. The van der Waals surface area contributed by atoms with Crippen LogP contribution in [0.15, 0.2) is 24.3 Å². The lowest BCUT2D eigenvalue weighted by atomic mass is 9.84. The second-order valence-corrected chi connectivity index (χ2v) is 4.00. The highest BCUT2D eigenvalue weighted by atomic mass is 16.5. The Morgan fingerprint density at radius 1 is 1.19 bits per heavy atom. The zero-order valence-electron chi connectivity index (χ0n) is 9.48. The number of carbonyl (C=O) groups excluding carboxylic acids is 1. The number of hydrogen-bond acceptors (Lipinski definition) is 3. The number of carboxylic acids is 1. The molecule has 0 atom stereocenters. The first-order valence-electron chi connectivity index (χ1n) is 4.82. The summed E-state index contributed by atoms with van der Waals surface area (Å²) in [7, 11) is 1.30. The second kappa shape index (κ2) is 4.35. The van der Waals surface area contributed by atoms with Gasteiger partial charge in [0, 0.05) is 0 Å². The molecule has 1 N–H and O–H groups in total. The summed E-state index contributed by atoms with van der Waals surface area (Å²) < 4.78 is 4.55. The molecule has 0 aliphatic heterocycles. The van der Waals surface area contributed by atoms with Crippen molar-refractivity contribution < 1.29 is 19.4 Å². The van der Waals surface area contributed by atoms with Gasteiger partial charge in [0.25, 0.3) is 0 Å². The van der Waals surface area contributed by atoms with E-state index >= 15 is 0 Å². The summed E-state index contributed by atoms with van der Waals surface area (Å²) in [6, 6.07) is 6.37. The molecule has 0 aliphatic rings. The highest BCUT2D eigenvalue weighted by Crippen LogP contribution is 2.23. The Morgan fingerprint density at radius 3 is 2.06 bits per heavy atom. The molecule has 0 amide bonds. The SMILES string of the molecule is COC(=O)c1ccc(C(C)(C)C(=O)O)cc1. The van der Waals surface area contributed by atoms with Crippen LogP contribution in [-0.2, 0) is 14.9 Å². The van der Waals surface area contributed by atoms with Gasteiger partial charge in [-0.3, -0.25) is 4.79 Å². The van der Waals surface area contributed by atoms with E-state index in [1.165, 1.54) is 7.11 Å². The van der Waals surface area contributed by atoms with Crippen molar-refractivity contribution in [2.45, 2.75) is 19.3 Å². The van der Waals surface area contributed by atoms with Crippen LogP contribution < -0.4 is 0 Å². The molecule has 0 saturated carbocycles. The van der Waals surface area contributed by atoms with Crippen LogP contribution in [-0.4, -0.2) is 24.2 Å². The minimum atomic E-state index is -0.964. The van der Waals surface area contributed by atoms with Gasteiger partial charge in [-0.15, -0.1) is 0 Å². The number of benzene rings is 1. The van der Waals surface area contributed by atoms with Gasteiger partial charge in [0.05, 0.1) is 18.1 Å². The van der Waals surface area contributed by atoms with E-state index in [0.717, 1.165) is 0 Å². The number of methoxy groups -OCH3 is 1. The molecule has 0 bridgehead atoms. The number of carboxylic acid groups (broad SMARTS) is 1. The summed E-state index contributed by atoms with van der Waals surface area (Å²) in [6.07, 6.45) is 0. The second-order valence-electron chi connectivity index (χ2n) is 4.00. The van der Waals surface area contributed by atoms with Gasteiger partial charge in [0.15, 0.2) is 0 Å². The standard InChI is InChI=1S/C12H14O4/c1-12(2,11(14)15)9-6-4-8(5-7-9)10(13)16-3/h4-7H,1-3H3,(H,14,15). The molecular weight excluding hydrogens is 208 g/mol. The van der Waals surface area contributed by atoms with E-state index in [-0.39, 0.29) is 0 Å². The fourth-order valence-corrected chi connectivity index (χ4v) is 1.26. The molecule has 0 aromatic heterocycles. The van der Waals surface area contributed by atoms with Gasteiger partial charge in [-0.2, -0.15) is 0 Å². The quantitative estimate of drug-likeness (QED) is 0.792. The molecule has 0 unspecified atom stereocenters. The third-order valence-electron chi connectivity index (χ3n) is 2.56. The monoisotopic (exact) mass is 222 g/mol. The molecule has 0 heterocycles. The number of carbonyl (C=O) groups is 2. The zero-order valence-corrected chi connectivity index (χ0v) is 9.48. The highest BCUT2D eigenvalue weighted by molar-refractivity contribution is 5.89. The predicted octanol–water partition coefficient (Wildman–Crippen LogP) is 1.84. The van der Waals surface area contributed by atoms with Crippen LogP contribution in [0.4, 0.5) is 0 Å². The fraction of sp³-hybridized carbons (Fsp3) is 0.333. The summed E-state index contributed by atoms with van der Waals surface area (Å²) in [5.41, 5.74) is 0.0920. The van der Waals surface area contributed by atoms with Crippen LogP contribution in [0.1, 0.15) is 29.8 Å². The Hall–Kier alpha value is -1.84. The largest absolute Gasteiger partial charge is 0.481 e. The molecule has 1 rings (SSSR count). The van der Waals surface area contributed by atoms with Gasteiger partial charge < -0.3 is 9.84 Å². The van der Waals surface area contributed by atoms with Gasteiger partial charge >= 0.3 is 11.9 Å². The molecular formula is C12H14O4. The molecule has 86 valence electrons. The summed E-state index contributed by atoms with van der Waals surface area (Å²) in [5, 5.41) is 9.03.